The van der Waals surface area contributed by atoms with Gasteiger partial charge in [0.2, 0.25) is 0 Å². The van der Waals surface area contributed by atoms with Crippen LogP contribution in [0.5, 0.6) is 0 Å². The van der Waals surface area contributed by atoms with Crippen molar-refractivity contribution in [3.05, 3.63) is 56.9 Å². The molecule has 0 fully saturated rings. The number of nitrogens with one attached hydrogen (secondary N) is 1. The van der Waals surface area contributed by atoms with Crippen molar-refractivity contribution in [1.82, 2.24) is 9.88 Å². The molecule has 2 heterocycles. The molecule has 21 heavy (non-hydrogen) atoms. The molecule has 2 nitrogen and oxygen atoms in total. The molecule has 3 rings (SSSR count). The van der Waals surface area contributed by atoms with E-state index < -0.39 is 0 Å². The minimum absolute atomic E-state index is 0.910. The lowest BCUT2D eigenvalue weighted by Gasteiger charge is -2.07. The highest BCUT2D eigenvalue weighted by atomic mass is 32.1. The summed E-state index contributed by atoms with van der Waals surface area (Å²) in [5.74, 6) is 0. The van der Waals surface area contributed by atoms with E-state index in [1.807, 2.05) is 11.3 Å². The lowest BCUT2D eigenvalue weighted by atomic mass is 10.1. The Bertz CT molecular complexity index is 721. The molecule has 3 aromatic rings. The zero-order valence-electron chi connectivity index (χ0n) is 13.2. The molecule has 0 atom stereocenters. The Kier molecular flexibility index (Phi) is 3.87. The van der Waals surface area contributed by atoms with E-state index in [1.165, 1.54) is 37.5 Å². The fourth-order valence-electron chi connectivity index (χ4n) is 2.93. The number of benzene rings is 1. The van der Waals surface area contributed by atoms with Crippen molar-refractivity contribution in [1.29, 1.82) is 0 Å². The molecule has 1 N–H and O–H groups in total. The summed E-state index contributed by atoms with van der Waals surface area (Å²) in [6.07, 6.45) is 0. The van der Waals surface area contributed by atoms with Crippen molar-refractivity contribution < 1.29 is 0 Å². The maximum atomic E-state index is 3.59. The van der Waals surface area contributed by atoms with Crippen molar-refractivity contribution in [2.45, 2.75) is 33.9 Å². The number of thiophene rings is 1. The van der Waals surface area contributed by atoms with Gasteiger partial charge in [0.05, 0.1) is 0 Å². The second-order valence-corrected chi connectivity index (χ2v) is 7.04. The van der Waals surface area contributed by atoms with Crippen molar-refractivity contribution >= 4 is 22.2 Å². The van der Waals surface area contributed by atoms with Gasteiger partial charge in [-0.2, -0.15) is 0 Å². The van der Waals surface area contributed by atoms with Gasteiger partial charge >= 0.3 is 0 Å². The van der Waals surface area contributed by atoms with Crippen LogP contribution in [0.25, 0.3) is 10.9 Å². The van der Waals surface area contributed by atoms with Gasteiger partial charge in [-0.15, -0.1) is 11.3 Å². The normalized spacial score (nSPS) is 11.4. The Balaban J connectivity index is 1.76. The molecular weight excluding hydrogens is 276 g/mol. The van der Waals surface area contributed by atoms with E-state index in [-0.39, 0.29) is 0 Å². The topological polar surface area (TPSA) is 17.0 Å². The molecule has 2 aromatic heterocycles. The second-order valence-electron chi connectivity index (χ2n) is 5.70. The molecule has 0 aliphatic carbocycles. The van der Waals surface area contributed by atoms with Gasteiger partial charge in [0.25, 0.3) is 0 Å². The molecule has 0 spiro atoms. The predicted molar refractivity (Wildman–Crippen MR) is 92.0 cm³/mol. The van der Waals surface area contributed by atoms with Crippen LogP contribution in [0.3, 0.4) is 0 Å². The Morgan fingerprint density at radius 3 is 2.52 bits per heavy atom. The van der Waals surface area contributed by atoms with Crippen LogP contribution in [0.1, 0.15) is 26.6 Å². The molecule has 0 radical (unpaired) electrons. The molecule has 0 saturated carbocycles. The summed E-state index contributed by atoms with van der Waals surface area (Å²) in [4.78, 5) is 2.84. The number of fused-ring (bicyclic) bond motifs is 1. The molecule has 0 unspecified atom stereocenters. The quantitative estimate of drug-likeness (QED) is 0.752. The average Bonchev–Trinajstić information content (AvgIpc) is 2.92. The fourth-order valence-corrected chi connectivity index (χ4v) is 3.95. The lowest BCUT2D eigenvalue weighted by Crippen LogP contribution is -2.15. The van der Waals surface area contributed by atoms with E-state index in [9.17, 15) is 0 Å². The molecule has 0 aliphatic heterocycles. The summed E-state index contributed by atoms with van der Waals surface area (Å²) in [7, 11) is 2.16. The molecule has 0 amide bonds. The van der Waals surface area contributed by atoms with Gasteiger partial charge < -0.3 is 9.88 Å². The minimum atomic E-state index is 0.910. The summed E-state index contributed by atoms with van der Waals surface area (Å²) in [5.41, 5.74) is 5.48. The minimum Gasteiger partial charge on any atom is -0.346 e. The molecule has 1 aromatic carbocycles. The molecular formula is C18H22N2S. The van der Waals surface area contributed by atoms with Gasteiger partial charge in [-0.05, 0) is 44.0 Å². The monoisotopic (exact) mass is 298 g/mol. The van der Waals surface area contributed by atoms with Crippen LogP contribution in [0.15, 0.2) is 30.3 Å². The number of hydrogen-bond acceptors (Lipinski definition) is 2. The third-order valence-electron chi connectivity index (χ3n) is 4.32. The zero-order chi connectivity index (χ0) is 15.0. The van der Waals surface area contributed by atoms with Crippen LogP contribution in [-0.2, 0) is 20.1 Å². The highest BCUT2D eigenvalue weighted by molar-refractivity contribution is 7.12. The summed E-state index contributed by atoms with van der Waals surface area (Å²) in [5, 5.41) is 4.95. The van der Waals surface area contributed by atoms with Crippen LogP contribution >= 0.6 is 11.3 Å². The first-order chi connectivity index (χ1) is 10.1. The molecule has 0 saturated heterocycles. The summed E-state index contributed by atoms with van der Waals surface area (Å²) >= 11 is 1.89. The van der Waals surface area contributed by atoms with Gasteiger partial charge in [-0.1, -0.05) is 18.2 Å². The van der Waals surface area contributed by atoms with E-state index in [0.29, 0.717) is 0 Å². The number of hydrogen-bond donors (Lipinski definition) is 1. The maximum absolute atomic E-state index is 3.59. The van der Waals surface area contributed by atoms with Gasteiger partial charge in [0.15, 0.2) is 0 Å². The van der Waals surface area contributed by atoms with Crippen molar-refractivity contribution in [2.75, 3.05) is 0 Å². The van der Waals surface area contributed by atoms with Crippen molar-refractivity contribution in [2.24, 2.45) is 7.05 Å². The molecule has 0 bridgehead atoms. The highest BCUT2D eigenvalue weighted by Crippen LogP contribution is 2.25. The van der Waals surface area contributed by atoms with E-state index in [1.54, 1.807) is 0 Å². The third kappa shape index (κ3) is 2.63. The largest absolute Gasteiger partial charge is 0.346 e. The maximum Gasteiger partial charge on any atom is 0.0483 e. The van der Waals surface area contributed by atoms with Crippen LogP contribution in [0, 0.1) is 20.8 Å². The molecule has 3 heteroatoms. The molecule has 110 valence electrons. The van der Waals surface area contributed by atoms with Gasteiger partial charge in [-0.3, -0.25) is 0 Å². The number of para-hydroxylation sites is 1. The Labute approximate surface area is 130 Å². The van der Waals surface area contributed by atoms with Gasteiger partial charge in [0.1, 0.15) is 0 Å². The average molecular weight is 298 g/mol. The van der Waals surface area contributed by atoms with Crippen LogP contribution < -0.4 is 5.32 Å². The van der Waals surface area contributed by atoms with Crippen LogP contribution in [0.4, 0.5) is 0 Å². The standard InChI is InChI=1S/C18H22N2S/c1-12-9-15(21-14(12)3)10-19-11-18-13(2)16-7-5-6-8-17(16)20(18)4/h5-9,19H,10-11H2,1-4H3. The summed E-state index contributed by atoms with van der Waals surface area (Å²) < 4.78 is 2.31. The Morgan fingerprint density at radius 2 is 1.86 bits per heavy atom. The van der Waals surface area contributed by atoms with E-state index in [0.717, 1.165) is 13.1 Å². The number of rotatable bonds is 4. The predicted octanol–water partition coefficient (Wildman–Crippen LogP) is 4.45. The van der Waals surface area contributed by atoms with Gasteiger partial charge in [0, 0.05) is 46.5 Å². The zero-order valence-corrected chi connectivity index (χ0v) is 14.0. The van der Waals surface area contributed by atoms with Crippen molar-refractivity contribution in [3.8, 4) is 0 Å². The van der Waals surface area contributed by atoms with E-state index >= 15 is 0 Å². The number of aromatic nitrogens is 1. The summed E-state index contributed by atoms with van der Waals surface area (Å²) in [6, 6.07) is 10.9. The summed E-state index contributed by atoms with van der Waals surface area (Å²) in [6.45, 7) is 8.45. The van der Waals surface area contributed by atoms with Crippen molar-refractivity contribution in [3.63, 3.8) is 0 Å². The first-order valence-corrected chi connectivity index (χ1v) is 8.19. The molecule has 0 aliphatic rings. The first kappa shape index (κ1) is 14.4. The fraction of sp³-hybridized carbons (Fsp3) is 0.333. The van der Waals surface area contributed by atoms with Crippen LogP contribution in [-0.4, -0.2) is 4.57 Å². The van der Waals surface area contributed by atoms with Gasteiger partial charge in [-0.25, -0.2) is 0 Å². The first-order valence-electron chi connectivity index (χ1n) is 7.37. The van der Waals surface area contributed by atoms with Crippen LogP contribution in [0.2, 0.25) is 0 Å². The number of nitrogens with zero attached hydrogens (tertiary/aromatic N) is 1. The smallest absolute Gasteiger partial charge is 0.0483 e. The Hall–Kier alpha value is -1.58. The second kappa shape index (κ2) is 5.66. The SMILES string of the molecule is Cc1cc(CNCc2c(C)c3ccccc3n2C)sc1C. The highest BCUT2D eigenvalue weighted by Gasteiger charge is 2.10. The third-order valence-corrected chi connectivity index (χ3v) is 5.47. The van der Waals surface area contributed by atoms with E-state index in [4.69, 9.17) is 0 Å². The lowest BCUT2D eigenvalue weighted by molar-refractivity contribution is 0.662. The van der Waals surface area contributed by atoms with E-state index in [2.05, 4.69) is 68.0 Å². The Morgan fingerprint density at radius 1 is 1.10 bits per heavy atom. The number of aryl methyl sites for hydroxylation is 4.